The molecule has 1 fully saturated rings. The number of nitrogens with zero attached hydrogens (tertiary/aromatic N) is 3. The summed E-state index contributed by atoms with van der Waals surface area (Å²) in [5.74, 6) is 1.71. The third kappa shape index (κ3) is 3.87. The van der Waals surface area contributed by atoms with Gasteiger partial charge in [0.2, 0.25) is 10.0 Å². The Hall–Kier alpha value is -2.81. The first-order valence-corrected chi connectivity index (χ1v) is 11.3. The molecular weight excluding hydrogens is 392 g/mol. The van der Waals surface area contributed by atoms with Gasteiger partial charge < -0.3 is 13.9 Å². The molecule has 0 bridgehead atoms. The number of benzene rings is 1. The molecule has 0 spiro atoms. The van der Waals surface area contributed by atoms with Crippen molar-refractivity contribution in [2.75, 3.05) is 18.1 Å². The second-order valence-electron chi connectivity index (χ2n) is 7.69. The highest BCUT2D eigenvalue weighted by Crippen LogP contribution is 2.36. The summed E-state index contributed by atoms with van der Waals surface area (Å²) in [5, 5.41) is 0. The van der Waals surface area contributed by atoms with Crippen LogP contribution in [0.15, 0.2) is 29.2 Å². The van der Waals surface area contributed by atoms with Crippen molar-refractivity contribution in [3.05, 3.63) is 40.6 Å². The minimum atomic E-state index is -3.49. The molecule has 0 saturated heterocycles. The molecule has 154 valence electrons. The monoisotopic (exact) mass is 416 g/mol. The van der Waals surface area contributed by atoms with E-state index in [2.05, 4.69) is 14.3 Å². The van der Waals surface area contributed by atoms with Gasteiger partial charge in [0.15, 0.2) is 5.75 Å². The molecule has 4 rings (SSSR count). The summed E-state index contributed by atoms with van der Waals surface area (Å²) >= 11 is 0. The molecule has 1 aliphatic rings. The Kier molecular flexibility index (Phi) is 4.65. The molecule has 0 atom stereocenters. The van der Waals surface area contributed by atoms with Crippen LogP contribution in [-0.4, -0.2) is 35.9 Å². The summed E-state index contributed by atoms with van der Waals surface area (Å²) < 4.78 is 35.3. The van der Waals surface area contributed by atoms with E-state index in [0.29, 0.717) is 17.1 Å². The second kappa shape index (κ2) is 6.91. The number of pyridine rings is 1. The number of aryl methyl sites for hydroxylation is 2. The summed E-state index contributed by atoms with van der Waals surface area (Å²) in [6.07, 6.45) is 5.23. The lowest BCUT2D eigenvalue weighted by Gasteiger charge is -2.12. The third-order valence-corrected chi connectivity index (χ3v) is 5.77. The Morgan fingerprint density at radius 3 is 2.59 bits per heavy atom. The molecule has 1 aliphatic carbocycles. The minimum Gasteiger partial charge on any atom is -0.491 e. The van der Waals surface area contributed by atoms with Crippen LogP contribution in [0.1, 0.15) is 18.7 Å². The first-order chi connectivity index (χ1) is 13.7. The van der Waals surface area contributed by atoms with Gasteiger partial charge in [0, 0.05) is 25.4 Å². The minimum absolute atomic E-state index is 0.227. The van der Waals surface area contributed by atoms with Gasteiger partial charge in [0.05, 0.1) is 24.6 Å². The fourth-order valence-corrected chi connectivity index (χ4v) is 4.11. The molecule has 0 unspecified atom stereocenters. The lowest BCUT2D eigenvalue weighted by molar-refractivity contribution is 0.405. The van der Waals surface area contributed by atoms with E-state index in [0.717, 1.165) is 35.3 Å². The average Bonchev–Trinajstić information content (AvgIpc) is 3.40. The Labute approximate surface area is 169 Å². The number of fused-ring (bicyclic) bond motifs is 1. The Balaban J connectivity index is 1.97. The molecule has 2 aromatic heterocycles. The van der Waals surface area contributed by atoms with E-state index in [4.69, 9.17) is 4.74 Å². The number of anilines is 1. The van der Waals surface area contributed by atoms with Gasteiger partial charge in [-0.25, -0.2) is 13.4 Å². The van der Waals surface area contributed by atoms with Gasteiger partial charge in [-0.2, -0.15) is 0 Å². The van der Waals surface area contributed by atoms with Gasteiger partial charge in [-0.05, 0) is 49.4 Å². The molecule has 8 nitrogen and oxygen atoms in total. The number of hydrogen-bond acceptors (Lipinski definition) is 5. The van der Waals surface area contributed by atoms with Crippen LogP contribution in [0.3, 0.4) is 0 Å². The lowest BCUT2D eigenvalue weighted by Crippen LogP contribution is -2.17. The van der Waals surface area contributed by atoms with Crippen LogP contribution in [0, 0.1) is 12.8 Å². The highest BCUT2D eigenvalue weighted by atomic mass is 32.2. The van der Waals surface area contributed by atoms with E-state index in [-0.39, 0.29) is 11.3 Å². The molecule has 0 radical (unpaired) electrons. The van der Waals surface area contributed by atoms with Gasteiger partial charge in [-0.15, -0.1) is 0 Å². The van der Waals surface area contributed by atoms with Crippen LogP contribution in [-0.2, 0) is 23.6 Å². The van der Waals surface area contributed by atoms with Crippen molar-refractivity contribution in [2.24, 2.45) is 13.0 Å². The molecule has 1 aromatic carbocycles. The van der Waals surface area contributed by atoms with Crippen molar-refractivity contribution < 1.29 is 13.2 Å². The summed E-state index contributed by atoms with van der Waals surface area (Å²) in [7, 11) is -0.379. The Morgan fingerprint density at radius 1 is 1.24 bits per heavy atom. The van der Waals surface area contributed by atoms with Crippen molar-refractivity contribution in [3.8, 4) is 16.9 Å². The van der Waals surface area contributed by atoms with Crippen molar-refractivity contribution in [1.29, 1.82) is 0 Å². The fraction of sp³-hybridized carbons (Fsp3) is 0.400. The molecule has 2 heterocycles. The summed E-state index contributed by atoms with van der Waals surface area (Å²) in [5.41, 5.74) is 3.20. The smallest absolute Gasteiger partial charge is 0.292 e. The largest absolute Gasteiger partial charge is 0.491 e. The van der Waals surface area contributed by atoms with Crippen LogP contribution in [0.5, 0.6) is 5.75 Å². The molecule has 9 heteroatoms. The van der Waals surface area contributed by atoms with Crippen molar-refractivity contribution in [1.82, 2.24) is 14.1 Å². The standard InChI is InChI=1S/C20H24N4O4S/c1-12-21-19-16(22-29(4,26)27)7-14(8-17(19)24(12)10-13-5-6-13)15-9-18(28-3)20(25)23(2)11-15/h7-9,11,13,22H,5-6,10H2,1-4H3. The average molecular weight is 417 g/mol. The molecule has 0 amide bonds. The number of methoxy groups -OCH3 is 1. The predicted molar refractivity (Wildman–Crippen MR) is 113 cm³/mol. The Bertz CT molecular complexity index is 1270. The normalized spacial score (nSPS) is 14.3. The van der Waals surface area contributed by atoms with E-state index in [9.17, 15) is 13.2 Å². The topological polar surface area (TPSA) is 95.2 Å². The number of imidazole rings is 1. The van der Waals surface area contributed by atoms with Gasteiger partial charge in [-0.1, -0.05) is 0 Å². The molecule has 29 heavy (non-hydrogen) atoms. The zero-order valence-corrected chi connectivity index (χ0v) is 17.7. The first-order valence-electron chi connectivity index (χ1n) is 9.40. The van der Waals surface area contributed by atoms with E-state index in [1.54, 1.807) is 25.4 Å². The third-order valence-electron chi connectivity index (χ3n) is 5.18. The number of ether oxygens (including phenoxy) is 1. The SMILES string of the molecule is COc1cc(-c2cc(NS(C)(=O)=O)c3nc(C)n(CC4CC4)c3c2)cn(C)c1=O. The van der Waals surface area contributed by atoms with E-state index < -0.39 is 10.0 Å². The molecule has 1 N–H and O–H groups in total. The summed E-state index contributed by atoms with van der Waals surface area (Å²) in [6, 6.07) is 5.41. The van der Waals surface area contributed by atoms with Gasteiger partial charge in [-0.3, -0.25) is 9.52 Å². The predicted octanol–water partition coefficient (Wildman–Crippen LogP) is 2.50. The Morgan fingerprint density at radius 2 is 1.97 bits per heavy atom. The maximum atomic E-state index is 12.2. The maximum Gasteiger partial charge on any atom is 0.292 e. The molecular formula is C20H24N4O4S. The number of sulfonamides is 1. The van der Waals surface area contributed by atoms with Gasteiger partial charge >= 0.3 is 0 Å². The number of hydrogen-bond donors (Lipinski definition) is 1. The van der Waals surface area contributed by atoms with Gasteiger partial charge in [0.1, 0.15) is 11.3 Å². The van der Waals surface area contributed by atoms with Crippen LogP contribution in [0.4, 0.5) is 5.69 Å². The van der Waals surface area contributed by atoms with Crippen LogP contribution >= 0.6 is 0 Å². The van der Waals surface area contributed by atoms with Crippen LogP contribution in [0.25, 0.3) is 22.2 Å². The molecule has 3 aromatic rings. The zero-order chi connectivity index (χ0) is 20.9. The summed E-state index contributed by atoms with van der Waals surface area (Å²) in [4.78, 5) is 16.8. The molecule has 1 saturated carbocycles. The number of rotatable bonds is 6. The van der Waals surface area contributed by atoms with Crippen LogP contribution in [0.2, 0.25) is 0 Å². The second-order valence-corrected chi connectivity index (χ2v) is 9.44. The summed E-state index contributed by atoms with van der Waals surface area (Å²) in [6.45, 7) is 2.79. The highest BCUT2D eigenvalue weighted by molar-refractivity contribution is 7.92. The zero-order valence-electron chi connectivity index (χ0n) is 16.9. The quantitative estimate of drug-likeness (QED) is 0.666. The number of nitrogens with one attached hydrogen (secondary N) is 1. The maximum absolute atomic E-state index is 12.2. The molecule has 0 aliphatic heterocycles. The highest BCUT2D eigenvalue weighted by Gasteiger charge is 2.25. The lowest BCUT2D eigenvalue weighted by atomic mass is 10.1. The van der Waals surface area contributed by atoms with E-state index in [1.807, 2.05) is 13.0 Å². The van der Waals surface area contributed by atoms with E-state index >= 15 is 0 Å². The van der Waals surface area contributed by atoms with Crippen molar-refractivity contribution in [3.63, 3.8) is 0 Å². The van der Waals surface area contributed by atoms with E-state index in [1.165, 1.54) is 24.5 Å². The fourth-order valence-electron chi connectivity index (χ4n) is 3.56. The first kappa shape index (κ1) is 19.5. The van der Waals surface area contributed by atoms with Crippen molar-refractivity contribution in [2.45, 2.75) is 26.3 Å². The van der Waals surface area contributed by atoms with Crippen molar-refractivity contribution >= 4 is 26.7 Å². The van der Waals surface area contributed by atoms with Gasteiger partial charge in [0.25, 0.3) is 5.56 Å². The van der Waals surface area contributed by atoms with Crippen LogP contribution < -0.4 is 15.0 Å². The number of aromatic nitrogens is 3.